The van der Waals surface area contributed by atoms with Crippen molar-refractivity contribution in [2.75, 3.05) is 0 Å². The lowest BCUT2D eigenvalue weighted by Gasteiger charge is -2.22. The molecule has 1 heterocycles. The van der Waals surface area contributed by atoms with Crippen molar-refractivity contribution in [1.82, 2.24) is 9.78 Å². The molecule has 2 rings (SSSR count). The fourth-order valence-electron chi connectivity index (χ4n) is 2.21. The molecule has 102 valence electrons. The number of aromatic nitrogens is 2. The molecule has 2 atom stereocenters. The quantitative estimate of drug-likeness (QED) is 0.919. The molecule has 1 aromatic carbocycles. The van der Waals surface area contributed by atoms with E-state index >= 15 is 0 Å². The fourth-order valence-corrected chi connectivity index (χ4v) is 2.46. The summed E-state index contributed by atoms with van der Waals surface area (Å²) in [5, 5.41) is 15.4. The first-order chi connectivity index (χ1) is 9.02. The molecule has 1 N–H and O–H groups in total. The summed E-state index contributed by atoms with van der Waals surface area (Å²) in [5.74, 6) is -0.0344. The second kappa shape index (κ2) is 5.76. The van der Waals surface area contributed by atoms with Gasteiger partial charge in [-0.25, -0.2) is 0 Å². The third-order valence-corrected chi connectivity index (χ3v) is 3.65. The van der Waals surface area contributed by atoms with Gasteiger partial charge in [0.15, 0.2) is 0 Å². The van der Waals surface area contributed by atoms with Crippen LogP contribution in [0, 0.1) is 0 Å². The average Bonchev–Trinajstić information content (AvgIpc) is 2.80. The van der Waals surface area contributed by atoms with Crippen molar-refractivity contribution in [1.29, 1.82) is 0 Å². The second-order valence-corrected chi connectivity index (χ2v) is 5.47. The van der Waals surface area contributed by atoms with Crippen molar-refractivity contribution in [3.05, 3.63) is 52.8 Å². The highest BCUT2D eigenvalue weighted by Crippen LogP contribution is 2.35. The summed E-state index contributed by atoms with van der Waals surface area (Å²) in [6, 6.07) is 10.1. The number of rotatable bonds is 4. The molecule has 0 spiro atoms. The van der Waals surface area contributed by atoms with Gasteiger partial charge in [0.2, 0.25) is 0 Å². The molecule has 0 saturated heterocycles. The summed E-state index contributed by atoms with van der Waals surface area (Å²) >= 11 is 6.17. The minimum Gasteiger partial charge on any atom is -0.386 e. The lowest BCUT2D eigenvalue weighted by atomic mass is 9.93. The van der Waals surface area contributed by atoms with E-state index in [0.29, 0.717) is 10.7 Å². The highest BCUT2D eigenvalue weighted by Gasteiger charge is 2.25. The number of aliphatic hydroxyl groups excluding tert-OH is 1. The monoisotopic (exact) mass is 278 g/mol. The van der Waals surface area contributed by atoms with Crippen LogP contribution in [-0.4, -0.2) is 14.9 Å². The van der Waals surface area contributed by atoms with Gasteiger partial charge in [-0.05, 0) is 19.4 Å². The van der Waals surface area contributed by atoms with Gasteiger partial charge < -0.3 is 5.11 Å². The molecular weight excluding hydrogens is 260 g/mol. The summed E-state index contributed by atoms with van der Waals surface area (Å²) in [7, 11) is 0. The second-order valence-electron chi connectivity index (χ2n) is 5.06. The zero-order chi connectivity index (χ0) is 14.0. The van der Waals surface area contributed by atoms with E-state index in [9.17, 15) is 5.11 Å². The van der Waals surface area contributed by atoms with Crippen molar-refractivity contribution >= 4 is 11.6 Å². The molecule has 0 fully saturated rings. The average molecular weight is 279 g/mol. The van der Waals surface area contributed by atoms with Crippen LogP contribution < -0.4 is 0 Å². The highest BCUT2D eigenvalue weighted by molar-refractivity contribution is 6.31. The maximum Gasteiger partial charge on any atom is 0.104 e. The molecule has 0 saturated carbocycles. The summed E-state index contributed by atoms with van der Waals surface area (Å²) in [6.45, 7) is 6.04. The van der Waals surface area contributed by atoms with Gasteiger partial charge in [0.05, 0.1) is 16.9 Å². The van der Waals surface area contributed by atoms with Gasteiger partial charge in [0.25, 0.3) is 0 Å². The largest absolute Gasteiger partial charge is 0.386 e. The zero-order valence-corrected chi connectivity index (χ0v) is 12.2. The molecular formula is C15H19ClN2O. The van der Waals surface area contributed by atoms with E-state index in [1.54, 1.807) is 10.9 Å². The first-order valence-corrected chi connectivity index (χ1v) is 6.86. The van der Waals surface area contributed by atoms with Gasteiger partial charge in [-0.1, -0.05) is 48.9 Å². The number of halogens is 1. The minimum atomic E-state index is -0.667. The van der Waals surface area contributed by atoms with E-state index in [1.807, 2.05) is 51.1 Å². The van der Waals surface area contributed by atoms with Crippen molar-refractivity contribution in [3.8, 4) is 0 Å². The number of hydrogen-bond donors (Lipinski definition) is 1. The topological polar surface area (TPSA) is 38.1 Å². The molecule has 2 unspecified atom stereocenters. The van der Waals surface area contributed by atoms with Gasteiger partial charge in [0, 0.05) is 12.0 Å². The molecule has 2 aromatic rings. The Kier molecular flexibility index (Phi) is 4.27. The Hall–Kier alpha value is -1.32. The van der Waals surface area contributed by atoms with Crippen LogP contribution in [0.15, 0.2) is 36.5 Å². The molecule has 4 heteroatoms. The number of hydrogen-bond acceptors (Lipinski definition) is 2. The summed E-state index contributed by atoms with van der Waals surface area (Å²) in [6.07, 6.45) is 0.928. The predicted molar refractivity (Wildman–Crippen MR) is 77.4 cm³/mol. The van der Waals surface area contributed by atoms with Gasteiger partial charge in [-0.3, -0.25) is 4.68 Å². The van der Waals surface area contributed by atoms with Crippen molar-refractivity contribution in [3.63, 3.8) is 0 Å². The molecule has 3 nitrogen and oxygen atoms in total. The molecule has 0 aliphatic heterocycles. The van der Waals surface area contributed by atoms with E-state index in [2.05, 4.69) is 5.10 Å². The van der Waals surface area contributed by atoms with E-state index in [0.717, 1.165) is 5.56 Å². The predicted octanol–water partition coefficient (Wildman–Crippen LogP) is 3.95. The van der Waals surface area contributed by atoms with Crippen LogP contribution in [0.3, 0.4) is 0 Å². The Morgan fingerprint density at radius 3 is 2.37 bits per heavy atom. The highest BCUT2D eigenvalue weighted by atomic mass is 35.5. The van der Waals surface area contributed by atoms with Crippen LogP contribution in [0.4, 0.5) is 0 Å². The fraction of sp³-hybridized carbons (Fsp3) is 0.400. The van der Waals surface area contributed by atoms with Crippen LogP contribution in [0.2, 0.25) is 5.02 Å². The van der Waals surface area contributed by atoms with Crippen molar-refractivity contribution < 1.29 is 5.11 Å². The van der Waals surface area contributed by atoms with Gasteiger partial charge in [-0.2, -0.15) is 5.10 Å². The summed E-state index contributed by atoms with van der Waals surface area (Å²) < 4.78 is 1.78. The Balaban J connectivity index is 2.34. The summed E-state index contributed by atoms with van der Waals surface area (Å²) in [5.41, 5.74) is 1.77. The van der Waals surface area contributed by atoms with E-state index in [4.69, 9.17) is 11.6 Å². The summed E-state index contributed by atoms with van der Waals surface area (Å²) in [4.78, 5) is 0. The van der Waals surface area contributed by atoms with Gasteiger partial charge in [0.1, 0.15) is 6.10 Å². The normalized spacial score (nSPS) is 14.6. The first-order valence-electron chi connectivity index (χ1n) is 6.48. The molecule has 0 aliphatic rings. The van der Waals surface area contributed by atoms with Crippen molar-refractivity contribution in [2.24, 2.45) is 0 Å². The molecule has 0 bridgehead atoms. The van der Waals surface area contributed by atoms with E-state index < -0.39 is 6.10 Å². The van der Waals surface area contributed by atoms with E-state index in [1.165, 1.54) is 0 Å². The Bertz CT molecular complexity index is 536. The lowest BCUT2D eigenvalue weighted by molar-refractivity contribution is 0.139. The third kappa shape index (κ3) is 2.82. The lowest BCUT2D eigenvalue weighted by Crippen LogP contribution is -2.16. The molecule has 19 heavy (non-hydrogen) atoms. The Morgan fingerprint density at radius 2 is 1.79 bits per heavy atom. The molecule has 0 radical (unpaired) electrons. The Labute approximate surface area is 118 Å². The SMILES string of the molecule is CC(c1ccccc1)C(O)c1c(Cl)cnn1C(C)C. The third-order valence-electron chi connectivity index (χ3n) is 3.36. The van der Waals surface area contributed by atoms with Crippen LogP contribution in [0.25, 0.3) is 0 Å². The maximum atomic E-state index is 10.6. The minimum absolute atomic E-state index is 0.0344. The van der Waals surface area contributed by atoms with E-state index in [-0.39, 0.29) is 12.0 Å². The van der Waals surface area contributed by atoms with Crippen LogP contribution >= 0.6 is 11.6 Å². The standard InChI is InChI=1S/C15H19ClN2O/c1-10(2)18-14(13(16)9-17-18)15(19)11(3)12-7-5-4-6-8-12/h4-11,15,19H,1-3H3. The maximum absolute atomic E-state index is 10.6. The Morgan fingerprint density at radius 1 is 1.16 bits per heavy atom. The van der Waals surface area contributed by atoms with Gasteiger partial charge >= 0.3 is 0 Å². The first kappa shape index (κ1) is 14.1. The zero-order valence-electron chi connectivity index (χ0n) is 11.4. The van der Waals surface area contributed by atoms with Gasteiger partial charge in [-0.15, -0.1) is 0 Å². The molecule has 1 aromatic heterocycles. The molecule has 0 aliphatic carbocycles. The van der Waals surface area contributed by atoms with Crippen LogP contribution in [0.5, 0.6) is 0 Å². The van der Waals surface area contributed by atoms with Crippen LogP contribution in [0.1, 0.15) is 50.1 Å². The smallest absolute Gasteiger partial charge is 0.104 e. The number of benzene rings is 1. The number of nitrogens with zero attached hydrogens (tertiary/aromatic N) is 2. The van der Waals surface area contributed by atoms with Crippen LogP contribution in [-0.2, 0) is 0 Å². The molecule has 0 amide bonds. The van der Waals surface area contributed by atoms with Crippen molar-refractivity contribution in [2.45, 2.75) is 38.8 Å². The number of aliphatic hydroxyl groups is 1.